The Morgan fingerprint density at radius 3 is 2.57 bits per heavy atom. The monoisotopic (exact) mass is 290 g/mol. The molecule has 21 heavy (non-hydrogen) atoms. The fourth-order valence-corrected chi connectivity index (χ4v) is 2.95. The van der Waals surface area contributed by atoms with Crippen LogP contribution in [0.15, 0.2) is 24.3 Å². The molecule has 0 amide bonds. The van der Waals surface area contributed by atoms with Gasteiger partial charge in [0.1, 0.15) is 0 Å². The van der Waals surface area contributed by atoms with Gasteiger partial charge in [-0.2, -0.15) is 0 Å². The van der Waals surface area contributed by atoms with Crippen LogP contribution in [0, 0.1) is 6.92 Å². The van der Waals surface area contributed by atoms with E-state index in [0.717, 1.165) is 18.8 Å². The van der Waals surface area contributed by atoms with Crippen LogP contribution in [-0.2, 0) is 4.79 Å². The second kappa shape index (κ2) is 8.03. The van der Waals surface area contributed by atoms with Crippen LogP contribution < -0.4 is 4.90 Å². The van der Waals surface area contributed by atoms with Crippen molar-refractivity contribution in [2.24, 2.45) is 0 Å². The molecule has 1 aromatic rings. The van der Waals surface area contributed by atoms with Gasteiger partial charge in [-0.3, -0.25) is 4.79 Å². The first-order valence-electron chi connectivity index (χ1n) is 7.91. The summed E-state index contributed by atoms with van der Waals surface area (Å²) in [4.78, 5) is 15.6. The number of carboxylic acid groups (broad SMARTS) is 1. The first-order valence-corrected chi connectivity index (χ1v) is 7.91. The SMILES string of the molecule is Cc1ccccc1N(CCC(=O)O)CCN1CCCCC1. The molecule has 0 bridgehead atoms. The van der Waals surface area contributed by atoms with Crippen molar-refractivity contribution in [3.05, 3.63) is 29.8 Å². The molecule has 1 N–H and O–H groups in total. The third kappa shape index (κ3) is 5.05. The third-order valence-electron chi connectivity index (χ3n) is 4.19. The lowest BCUT2D eigenvalue weighted by molar-refractivity contribution is -0.136. The van der Waals surface area contributed by atoms with Gasteiger partial charge in [-0.05, 0) is 44.5 Å². The average Bonchev–Trinajstić information content (AvgIpc) is 2.49. The zero-order valence-corrected chi connectivity index (χ0v) is 12.9. The van der Waals surface area contributed by atoms with Crippen molar-refractivity contribution in [2.75, 3.05) is 37.6 Å². The molecule has 1 aliphatic heterocycles. The molecule has 0 unspecified atom stereocenters. The van der Waals surface area contributed by atoms with Gasteiger partial charge in [0.05, 0.1) is 6.42 Å². The van der Waals surface area contributed by atoms with Crippen LogP contribution >= 0.6 is 0 Å². The maximum absolute atomic E-state index is 10.9. The van der Waals surface area contributed by atoms with Crippen molar-refractivity contribution in [1.82, 2.24) is 4.90 Å². The van der Waals surface area contributed by atoms with Crippen molar-refractivity contribution in [1.29, 1.82) is 0 Å². The molecule has 1 aromatic carbocycles. The number of para-hydroxylation sites is 1. The van der Waals surface area contributed by atoms with Gasteiger partial charge in [0.25, 0.3) is 0 Å². The van der Waals surface area contributed by atoms with E-state index in [2.05, 4.69) is 28.9 Å². The fraction of sp³-hybridized carbons (Fsp3) is 0.588. The summed E-state index contributed by atoms with van der Waals surface area (Å²) in [5.74, 6) is -0.730. The number of likely N-dealkylation sites (tertiary alicyclic amines) is 1. The highest BCUT2D eigenvalue weighted by atomic mass is 16.4. The molecule has 1 heterocycles. The number of piperidine rings is 1. The first-order chi connectivity index (χ1) is 10.2. The number of carbonyl (C=O) groups is 1. The predicted molar refractivity (Wildman–Crippen MR) is 85.9 cm³/mol. The molecule has 1 aliphatic rings. The number of aryl methyl sites for hydroxylation is 1. The van der Waals surface area contributed by atoms with Crippen molar-refractivity contribution >= 4 is 11.7 Å². The number of aliphatic carboxylic acids is 1. The van der Waals surface area contributed by atoms with Crippen LogP contribution in [0.25, 0.3) is 0 Å². The smallest absolute Gasteiger partial charge is 0.305 e. The van der Waals surface area contributed by atoms with Gasteiger partial charge in [-0.15, -0.1) is 0 Å². The lowest BCUT2D eigenvalue weighted by Crippen LogP contribution is -2.39. The molecule has 0 spiro atoms. The Morgan fingerprint density at radius 1 is 1.19 bits per heavy atom. The van der Waals surface area contributed by atoms with Crippen molar-refractivity contribution in [3.8, 4) is 0 Å². The second-order valence-corrected chi connectivity index (χ2v) is 5.82. The van der Waals surface area contributed by atoms with E-state index in [0.29, 0.717) is 6.54 Å². The van der Waals surface area contributed by atoms with Gasteiger partial charge in [0.15, 0.2) is 0 Å². The van der Waals surface area contributed by atoms with E-state index in [4.69, 9.17) is 5.11 Å². The van der Waals surface area contributed by atoms with Gasteiger partial charge in [0, 0.05) is 25.3 Å². The van der Waals surface area contributed by atoms with E-state index < -0.39 is 5.97 Å². The lowest BCUT2D eigenvalue weighted by atomic mass is 10.1. The van der Waals surface area contributed by atoms with Crippen molar-refractivity contribution in [2.45, 2.75) is 32.6 Å². The highest BCUT2D eigenvalue weighted by Gasteiger charge is 2.14. The maximum atomic E-state index is 10.9. The molecule has 4 heteroatoms. The number of nitrogens with zero attached hydrogens (tertiary/aromatic N) is 2. The molecule has 116 valence electrons. The van der Waals surface area contributed by atoms with E-state index in [9.17, 15) is 4.79 Å². The van der Waals surface area contributed by atoms with Gasteiger partial charge < -0.3 is 14.9 Å². The summed E-state index contributed by atoms with van der Waals surface area (Å²) in [6.45, 7) is 6.95. The Balaban J connectivity index is 1.97. The van der Waals surface area contributed by atoms with Crippen LogP contribution in [-0.4, -0.2) is 48.7 Å². The highest BCUT2D eigenvalue weighted by Crippen LogP contribution is 2.20. The van der Waals surface area contributed by atoms with Crippen molar-refractivity contribution in [3.63, 3.8) is 0 Å². The normalized spacial score (nSPS) is 15.9. The number of anilines is 1. The molecule has 2 rings (SSSR count). The third-order valence-corrected chi connectivity index (χ3v) is 4.19. The molecule has 0 radical (unpaired) electrons. The number of rotatable bonds is 7. The number of carboxylic acids is 1. The van der Waals surface area contributed by atoms with Gasteiger partial charge >= 0.3 is 5.97 Å². The van der Waals surface area contributed by atoms with Crippen LogP contribution in [0.2, 0.25) is 0 Å². The van der Waals surface area contributed by atoms with Gasteiger partial charge in [-0.25, -0.2) is 0 Å². The summed E-state index contributed by atoms with van der Waals surface area (Å²) < 4.78 is 0. The van der Waals surface area contributed by atoms with E-state index >= 15 is 0 Å². The van der Waals surface area contributed by atoms with Crippen molar-refractivity contribution < 1.29 is 9.90 Å². The quantitative estimate of drug-likeness (QED) is 0.838. The number of benzene rings is 1. The summed E-state index contributed by atoms with van der Waals surface area (Å²) in [7, 11) is 0. The Labute approximate surface area is 127 Å². The Bertz CT molecular complexity index is 456. The topological polar surface area (TPSA) is 43.8 Å². The maximum Gasteiger partial charge on any atom is 0.305 e. The summed E-state index contributed by atoms with van der Waals surface area (Å²) in [6.07, 6.45) is 4.12. The standard InChI is InChI=1S/C17H26N2O2/c1-15-7-3-4-8-16(15)19(12-9-17(20)21)14-13-18-10-5-2-6-11-18/h3-4,7-8H,2,5-6,9-14H2,1H3,(H,20,21). The molecular formula is C17H26N2O2. The zero-order valence-electron chi connectivity index (χ0n) is 12.9. The molecule has 0 atom stereocenters. The minimum Gasteiger partial charge on any atom is -0.481 e. The van der Waals surface area contributed by atoms with Gasteiger partial charge in [0.2, 0.25) is 0 Å². The fourth-order valence-electron chi connectivity index (χ4n) is 2.95. The minimum atomic E-state index is -0.730. The largest absolute Gasteiger partial charge is 0.481 e. The Hall–Kier alpha value is -1.55. The first kappa shape index (κ1) is 15.8. The summed E-state index contributed by atoms with van der Waals surface area (Å²) in [5.41, 5.74) is 2.37. The summed E-state index contributed by atoms with van der Waals surface area (Å²) in [5, 5.41) is 8.96. The lowest BCUT2D eigenvalue weighted by Gasteiger charge is -2.31. The number of hydrogen-bond acceptors (Lipinski definition) is 3. The van der Waals surface area contributed by atoms with E-state index in [1.54, 1.807) is 0 Å². The van der Waals surface area contributed by atoms with E-state index in [1.165, 1.54) is 37.9 Å². The zero-order chi connectivity index (χ0) is 15.1. The molecule has 0 aliphatic carbocycles. The van der Waals surface area contributed by atoms with Crippen LogP contribution in [0.3, 0.4) is 0 Å². The molecule has 0 aromatic heterocycles. The molecule has 4 nitrogen and oxygen atoms in total. The Morgan fingerprint density at radius 2 is 1.90 bits per heavy atom. The highest BCUT2D eigenvalue weighted by molar-refractivity contribution is 5.68. The summed E-state index contributed by atoms with van der Waals surface area (Å²) in [6, 6.07) is 8.23. The predicted octanol–water partition coefficient (Wildman–Crippen LogP) is 2.76. The minimum absolute atomic E-state index is 0.189. The molecular weight excluding hydrogens is 264 g/mol. The molecule has 1 fully saturated rings. The second-order valence-electron chi connectivity index (χ2n) is 5.82. The van der Waals surface area contributed by atoms with Crippen LogP contribution in [0.5, 0.6) is 0 Å². The Kier molecular flexibility index (Phi) is 6.05. The summed E-state index contributed by atoms with van der Waals surface area (Å²) >= 11 is 0. The molecule has 1 saturated heterocycles. The van der Waals surface area contributed by atoms with Crippen LogP contribution in [0.4, 0.5) is 5.69 Å². The van der Waals surface area contributed by atoms with E-state index in [-0.39, 0.29) is 6.42 Å². The molecule has 0 saturated carbocycles. The van der Waals surface area contributed by atoms with Gasteiger partial charge in [-0.1, -0.05) is 24.6 Å². The van der Waals surface area contributed by atoms with Crippen LogP contribution in [0.1, 0.15) is 31.2 Å². The average molecular weight is 290 g/mol. The van der Waals surface area contributed by atoms with E-state index in [1.807, 2.05) is 12.1 Å². The number of hydrogen-bond donors (Lipinski definition) is 1.